The Morgan fingerprint density at radius 1 is 0.344 bits per heavy atom. The topological polar surface area (TPSA) is 0 Å². The lowest BCUT2D eigenvalue weighted by Crippen LogP contribution is -1.73. The van der Waals surface area contributed by atoms with Crippen LogP contribution in [0.25, 0.3) is 0 Å². The van der Waals surface area contributed by atoms with E-state index < -0.39 is 0 Å². The quantitative estimate of drug-likeness (QED) is 0.323. The largest absolute Gasteiger partial charge is 0.107 e. The van der Waals surface area contributed by atoms with Crippen molar-refractivity contribution in [2.45, 2.75) is 55.4 Å². The van der Waals surface area contributed by atoms with Crippen LogP contribution in [0.3, 0.4) is 0 Å². The highest BCUT2D eigenvalue weighted by atomic mass is 13.9. The Morgan fingerprint density at radius 2 is 0.562 bits per heavy atom. The third-order valence-electron chi connectivity index (χ3n) is 4.11. The summed E-state index contributed by atoms with van der Waals surface area (Å²) < 4.78 is 0. The molecule has 0 spiro atoms. The zero-order valence-corrected chi connectivity index (χ0v) is 20.9. The first-order valence-corrected chi connectivity index (χ1v) is 10.7. The van der Waals surface area contributed by atoms with Crippen LogP contribution in [0.5, 0.6) is 0 Å². The van der Waals surface area contributed by atoms with Gasteiger partial charge in [-0.1, -0.05) is 82.6 Å². The van der Waals surface area contributed by atoms with Crippen LogP contribution in [-0.2, 0) is 0 Å². The molecule has 164 valence electrons. The Morgan fingerprint density at radius 3 is 0.750 bits per heavy atom. The van der Waals surface area contributed by atoms with E-state index in [0.717, 1.165) is 11.1 Å². The standard InChI is InChI=1S/2C10H10.C8H10.C4H6/c2*1-3-4-10-7-5-9(2)6-8-10;1-7-3-5-8(2)6-4-7;1-3-4-2/h2*5-8H,1-2H3;3-6H,1-2H3;1-2H3. The van der Waals surface area contributed by atoms with E-state index in [1.54, 1.807) is 0 Å². The van der Waals surface area contributed by atoms with Crippen molar-refractivity contribution in [2.75, 3.05) is 0 Å². The molecule has 0 heteroatoms. The van der Waals surface area contributed by atoms with Crippen molar-refractivity contribution in [3.63, 3.8) is 0 Å². The lowest BCUT2D eigenvalue weighted by molar-refractivity contribution is 1.40. The fourth-order valence-corrected chi connectivity index (χ4v) is 2.20. The molecule has 0 saturated carbocycles. The summed E-state index contributed by atoms with van der Waals surface area (Å²) in [6.45, 7) is 15.7. The van der Waals surface area contributed by atoms with Crippen LogP contribution in [0.1, 0.15) is 61.1 Å². The van der Waals surface area contributed by atoms with Crippen molar-refractivity contribution in [2.24, 2.45) is 0 Å². The van der Waals surface area contributed by atoms with Gasteiger partial charge < -0.3 is 0 Å². The molecule has 3 aromatic carbocycles. The number of aryl methyl sites for hydroxylation is 4. The second-order valence-electron chi connectivity index (χ2n) is 7.14. The molecule has 0 bridgehead atoms. The molecule has 0 aromatic heterocycles. The molecule has 32 heavy (non-hydrogen) atoms. The molecule has 0 aliphatic rings. The van der Waals surface area contributed by atoms with Crippen LogP contribution >= 0.6 is 0 Å². The van der Waals surface area contributed by atoms with Crippen LogP contribution in [0.2, 0.25) is 0 Å². The molecule has 0 nitrogen and oxygen atoms in total. The van der Waals surface area contributed by atoms with E-state index in [9.17, 15) is 0 Å². The summed E-state index contributed by atoms with van der Waals surface area (Å²) in [5.41, 5.74) is 7.40. The molecule has 0 heterocycles. The van der Waals surface area contributed by atoms with Crippen LogP contribution in [-0.4, -0.2) is 0 Å². The van der Waals surface area contributed by atoms with Crippen LogP contribution in [0.4, 0.5) is 0 Å². The highest BCUT2D eigenvalue weighted by molar-refractivity contribution is 5.36. The Kier molecular flexibility index (Phi) is 16.1. The van der Waals surface area contributed by atoms with Crippen molar-refractivity contribution < 1.29 is 0 Å². The molecular weight excluding hydrogens is 384 g/mol. The average Bonchev–Trinajstić information content (AvgIpc) is 2.80. The number of hydrogen-bond donors (Lipinski definition) is 0. The predicted molar refractivity (Wildman–Crippen MR) is 143 cm³/mol. The molecular formula is C32H36. The number of hydrogen-bond acceptors (Lipinski definition) is 0. The van der Waals surface area contributed by atoms with Crippen LogP contribution < -0.4 is 0 Å². The molecule has 0 fully saturated rings. The third kappa shape index (κ3) is 15.2. The molecule has 0 saturated heterocycles. The lowest BCUT2D eigenvalue weighted by atomic mass is 10.2. The molecule has 3 rings (SSSR count). The molecule has 0 aliphatic heterocycles. The average molecular weight is 421 g/mol. The second kappa shape index (κ2) is 18.1. The highest BCUT2D eigenvalue weighted by Crippen LogP contribution is 2.01. The fourth-order valence-electron chi connectivity index (χ4n) is 2.20. The predicted octanol–water partition coefficient (Wildman–Crippen LogP) is 8.07. The van der Waals surface area contributed by atoms with E-state index in [1.165, 1.54) is 22.3 Å². The molecule has 0 aliphatic carbocycles. The van der Waals surface area contributed by atoms with E-state index in [4.69, 9.17) is 0 Å². The summed E-state index contributed by atoms with van der Waals surface area (Å²) >= 11 is 0. The first-order valence-electron chi connectivity index (χ1n) is 10.7. The summed E-state index contributed by atoms with van der Waals surface area (Å²) in [6, 6.07) is 24.9. The van der Waals surface area contributed by atoms with Crippen molar-refractivity contribution in [1.29, 1.82) is 0 Å². The van der Waals surface area contributed by atoms with Gasteiger partial charge in [0.1, 0.15) is 0 Å². The van der Waals surface area contributed by atoms with Gasteiger partial charge in [0.25, 0.3) is 0 Å². The fraction of sp³-hybridized carbons (Fsp3) is 0.250. The maximum Gasteiger partial charge on any atom is 0.0245 e. The molecule has 0 radical (unpaired) electrons. The van der Waals surface area contributed by atoms with Gasteiger partial charge in [0.05, 0.1) is 0 Å². The third-order valence-corrected chi connectivity index (χ3v) is 4.11. The summed E-state index contributed by atoms with van der Waals surface area (Å²) in [5.74, 6) is 17.0. The van der Waals surface area contributed by atoms with Crippen LogP contribution in [0.15, 0.2) is 72.8 Å². The van der Waals surface area contributed by atoms with E-state index in [-0.39, 0.29) is 0 Å². The molecule has 0 unspecified atom stereocenters. The summed E-state index contributed by atoms with van der Waals surface area (Å²) in [7, 11) is 0. The molecule has 0 atom stereocenters. The monoisotopic (exact) mass is 420 g/mol. The first-order chi connectivity index (χ1) is 15.4. The van der Waals surface area contributed by atoms with E-state index in [0.29, 0.717) is 0 Å². The maximum atomic E-state index is 2.98. The second-order valence-corrected chi connectivity index (χ2v) is 7.14. The van der Waals surface area contributed by atoms with Gasteiger partial charge in [0, 0.05) is 11.1 Å². The molecule has 0 N–H and O–H groups in total. The van der Waals surface area contributed by atoms with Crippen molar-refractivity contribution in [3.05, 3.63) is 106 Å². The van der Waals surface area contributed by atoms with Gasteiger partial charge in [-0.3, -0.25) is 0 Å². The minimum absolute atomic E-state index is 1.09. The SMILES string of the molecule is CC#CC.CC#Cc1ccc(C)cc1.CC#Cc1ccc(C)cc1.Cc1ccc(C)cc1. The van der Waals surface area contributed by atoms with Gasteiger partial charge in [-0.2, -0.15) is 0 Å². The maximum absolute atomic E-state index is 2.98. The summed E-state index contributed by atoms with van der Waals surface area (Å²) in [6.07, 6.45) is 0. The van der Waals surface area contributed by atoms with Gasteiger partial charge in [0.2, 0.25) is 0 Å². The van der Waals surface area contributed by atoms with Gasteiger partial charge >= 0.3 is 0 Å². The van der Waals surface area contributed by atoms with Crippen molar-refractivity contribution >= 4 is 0 Å². The van der Waals surface area contributed by atoms with E-state index in [1.807, 2.05) is 52.0 Å². The number of rotatable bonds is 0. The normalized spacial score (nSPS) is 7.88. The summed E-state index contributed by atoms with van der Waals surface area (Å²) in [5, 5.41) is 0. The van der Waals surface area contributed by atoms with Gasteiger partial charge in [-0.05, 0) is 79.7 Å². The van der Waals surface area contributed by atoms with Crippen molar-refractivity contribution in [1.82, 2.24) is 0 Å². The van der Waals surface area contributed by atoms with Gasteiger partial charge in [-0.15, -0.1) is 23.7 Å². The molecule has 3 aromatic rings. The van der Waals surface area contributed by atoms with Crippen molar-refractivity contribution in [3.8, 4) is 35.5 Å². The van der Waals surface area contributed by atoms with E-state index in [2.05, 4.69) is 112 Å². The Bertz CT molecular complexity index is 973. The first kappa shape index (κ1) is 28.3. The zero-order chi connectivity index (χ0) is 24.2. The minimum Gasteiger partial charge on any atom is -0.107 e. The molecule has 0 amide bonds. The lowest BCUT2D eigenvalue weighted by Gasteiger charge is -1.90. The summed E-state index contributed by atoms with van der Waals surface area (Å²) in [4.78, 5) is 0. The van der Waals surface area contributed by atoms with Gasteiger partial charge in [-0.25, -0.2) is 0 Å². The van der Waals surface area contributed by atoms with Gasteiger partial charge in [0.15, 0.2) is 0 Å². The zero-order valence-electron chi connectivity index (χ0n) is 20.9. The highest BCUT2D eigenvalue weighted by Gasteiger charge is 1.84. The van der Waals surface area contributed by atoms with Crippen LogP contribution in [0, 0.1) is 63.2 Å². The number of benzene rings is 3. The van der Waals surface area contributed by atoms with E-state index >= 15 is 0 Å². The minimum atomic E-state index is 1.09. The smallest absolute Gasteiger partial charge is 0.0245 e. The Balaban J connectivity index is 0.000000418. The Hall–Kier alpha value is -3.66. The Labute approximate surface area is 197 Å².